The first-order valence-corrected chi connectivity index (χ1v) is 8.52. The Morgan fingerprint density at radius 3 is 2.15 bits per heavy atom. The first-order valence-electron chi connectivity index (χ1n) is 7.73. The maximum atomic E-state index is 11.8. The number of anilines is 1. The van der Waals surface area contributed by atoms with E-state index in [1.807, 2.05) is 19.1 Å². The molecule has 0 aliphatic carbocycles. The maximum absolute atomic E-state index is 11.8. The van der Waals surface area contributed by atoms with Crippen LogP contribution in [0.2, 0.25) is 0 Å². The minimum atomic E-state index is -0.571. The summed E-state index contributed by atoms with van der Waals surface area (Å²) in [6, 6.07) is 13.9. The number of benzene rings is 2. The van der Waals surface area contributed by atoms with E-state index in [1.54, 1.807) is 36.4 Å². The molecule has 3 amide bonds. The second kappa shape index (κ2) is 9.69. The van der Waals surface area contributed by atoms with Gasteiger partial charge in [-0.2, -0.15) is 0 Å². The van der Waals surface area contributed by atoms with Crippen molar-refractivity contribution in [1.29, 1.82) is 0 Å². The Labute approximate surface area is 159 Å². The molecule has 0 bridgehead atoms. The molecule has 0 radical (unpaired) electrons. The smallest absolute Gasteiger partial charge is 0.269 e. The highest BCUT2D eigenvalue weighted by Crippen LogP contribution is 2.10. The number of carbonyl (C=O) groups excluding carboxylic acids is 3. The average molecular weight is 420 g/mol. The van der Waals surface area contributed by atoms with Gasteiger partial charge in [-0.3, -0.25) is 25.2 Å². The number of halogens is 1. The molecule has 26 heavy (non-hydrogen) atoms. The molecule has 0 unspecified atom stereocenters. The van der Waals surface area contributed by atoms with Crippen molar-refractivity contribution in [3.8, 4) is 0 Å². The molecule has 3 N–H and O–H groups in total. The van der Waals surface area contributed by atoms with E-state index in [0.29, 0.717) is 11.3 Å². The Hall–Kier alpha value is -2.71. The molecule has 7 nitrogen and oxygen atoms in total. The summed E-state index contributed by atoms with van der Waals surface area (Å²) in [5.41, 5.74) is 6.61. The van der Waals surface area contributed by atoms with E-state index in [9.17, 15) is 14.4 Å². The van der Waals surface area contributed by atoms with E-state index in [2.05, 4.69) is 32.1 Å². The molecule has 0 atom stereocenters. The first kappa shape index (κ1) is 19.6. The van der Waals surface area contributed by atoms with Crippen LogP contribution < -0.4 is 16.2 Å². The van der Waals surface area contributed by atoms with Crippen molar-refractivity contribution in [2.45, 2.75) is 6.92 Å². The first-order chi connectivity index (χ1) is 12.4. The minimum Gasteiger partial charge on any atom is -0.362 e. The zero-order valence-corrected chi connectivity index (χ0v) is 15.6. The van der Waals surface area contributed by atoms with Gasteiger partial charge >= 0.3 is 0 Å². The summed E-state index contributed by atoms with van der Waals surface area (Å²) < 4.78 is 5.87. The van der Waals surface area contributed by atoms with Crippen molar-refractivity contribution in [2.24, 2.45) is 0 Å². The topological polar surface area (TPSA) is 96.5 Å². The summed E-state index contributed by atoms with van der Waals surface area (Å²) in [7, 11) is 0. The molecule has 0 saturated carbocycles. The second-order valence-electron chi connectivity index (χ2n) is 5.42. The molecule has 0 fully saturated rings. The van der Waals surface area contributed by atoms with Crippen molar-refractivity contribution in [3.63, 3.8) is 0 Å². The van der Waals surface area contributed by atoms with Gasteiger partial charge in [-0.15, -0.1) is 0 Å². The van der Waals surface area contributed by atoms with Crippen LogP contribution in [-0.4, -0.2) is 30.9 Å². The van der Waals surface area contributed by atoms with Gasteiger partial charge in [-0.1, -0.05) is 33.6 Å². The van der Waals surface area contributed by atoms with Crippen LogP contribution >= 0.6 is 15.9 Å². The molecule has 2 aromatic carbocycles. The highest BCUT2D eigenvalue weighted by atomic mass is 79.9. The van der Waals surface area contributed by atoms with Gasteiger partial charge in [0.2, 0.25) is 5.91 Å². The Morgan fingerprint density at radius 1 is 0.885 bits per heavy atom. The molecule has 8 heteroatoms. The van der Waals surface area contributed by atoms with E-state index in [0.717, 1.165) is 10.0 Å². The van der Waals surface area contributed by atoms with Crippen LogP contribution in [0.25, 0.3) is 0 Å². The molecule has 2 aromatic rings. The molecule has 136 valence electrons. The lowest BCUT2D eigenvalue weighted by Crippen LogP contribution is -2.43. The Bertz CT molecular complexity index is 776. The number of carbonyl (C=O) groups is 3. The van der Waals surface area contributed by atoms with Gasteiger partial charge in [-0.25, -0.2) is 0 Å². The largest absolute Gasteiger partial charge is 0.362 e. The number of hydrogen-bond acceptors (Lipinski definition) is 4. The fraction of sp³-hybridized carbons (Fsp3) is 0.167. The van der Waals surface area contributed by atoms with Crippen molar-refractivity contribution < 1.29 is 19.1 Å². The van der Waals surface area contributed by atoms with E-state index >= 15 is 0 Å². The van der Waals surface area contributed by atoms with E-state index < -0.39 is 11.8 Å². The number of rotatable bonds is 6. The van der Waals surface area contributed by atoms with E-state index in [-0.39, 0.29) is 19.1 Å². The summed E-state index contributed by atoms with van der Waals surface area (Å²) >= 11 is 3.27. The van der Waals surface area contributed by atoms with Gasteiger partial charge in [0.15, 0.2) is 0 Å². The molecule has 0 aliphatic heterocycles. The molecular weight excluding hydrogens is 402 g/mol. The van der Waals surface area contributed by atoms with Crippen LogP contribution in [0.1, 0.15) is 15.9 Å². The molecule has 0 aliphatic rings. The monoisotopic (exact) mass is 419 g/mol. The summed E-state index contributed by atoms with van der Waals surface area (Å²) in [6.45, 7) is 1.31. The van der Waals surface area contributed by atoms with E-state index in [1.165, 1.54) is 0 Å². The van der Waals surface area contributed by atoms with Crippen molar-refractivity contribution in [2.75, 3.05) is 18.5 Å². The van der Waals surface area contributed by atoms with Gasteiger partial charge in [-0.05, 0) is 43.3 Å². The van der Waals surface area contributed by atoms with Gasteiger partial charge < -0.3 is 10.1 Å². The summed E-state index contributed by atoms with van der Waals surface area (Å²) in [6.07, 6.45) is 0. The zero-order chi connectivity index (χ0) is 18.9. The van der Waals surface area contributed by atoms with Crippen LogP contribution in [0, 0.1) is 6.92 Å². The third kappa shape index (κ3) is 6.66. The van der Waals surface area contributed by atoms with Gasteiger partial charge in [0.1, 0.15) is 13.2 Å². The van der Waals surface area contributed by atoms with Crippen molar-refractivity contribution in [1.82, 2.24) is 10.9 Å². The van der Waals surface area contributed by atoms with Crippen molar-refractivity contribution in [3.05, 3.63) is 64.1 Å². The lowest BCUT2D eigenvalue weighted by Gasteiger charge is -2.09. The number of amides is 3. The number of ether oxygens (including phenoxy) is 1. The number of hydrazine groups is 1. The summed E-state index contributed by atoms with van der Waals surface area (Å²) in [5, 5.41) is 2.65. The third-order valence-electron chi connectivity index (χ3n) is 3.22. The maximum Gasteiger partial charge on any atom is 0.269 e. The lowest BCUT2D eigenvalue weighted by molar-refractivity contribution is -0.129. The molecular formula is C18H18BrN3O4. The van der Waals surface area contributed by atoms with Crippen LogP contribution in [0.3, 0.4) is 0 Å². The third-order valence-corrected chi connectivity index (χ3v) is 3.75. The van der Waals surface area contributed by atoms with Crippen LogP contribution in [-0.2, 0) is 14.3 Å². The predicted molar refractivity (Wildman–Crippen MR) is 100 cm³/mol. The molecule has 0 spiro atoms. The SMILES string of the molecule is Cc1ccc(NC(=O)COCC(=O)NNC(=O)c2ccc(Br)cc2)cc1. The molecule has 2 rings (SSSR count). The van der Waals surface area contributed by atoms with Gasteiger partial charge in [0, 0.05) is 15.7 Å². The zero-order valence-electron chi connectivity index (χ0n) is 14.0. The standard InChI is InChI=1S/C18H18BrN3O4/c1-12-2-8-15(9-3-12)20-16(23)10-26-11-17(24)21-22-18(25)13-4-6-14(19)7-5-13/h2-9H,10-11H2,1H3,(H,20,23)(H,21,24)(H,22,25). The Balaban J connectivity index is 1.65. The quantitative estimate of drug-likeness (QED) is 0.625. The Morgan fingerprint density at radius 2 is 1.50 bits per heavy atom. The summed E-state index contributed by atoms with van der Waals surface area (Å²) in [5.74, 6) is -1.40. The summed E-state index contributed by atoms with van der Waals surface area (Å²) in [4.78, 5) is 35.2. The fourth-order valence-corrected chi connectivity index (χ4v) is 2.17. The number of aryl methyl sites for hydroxylation is 1. The average Bonchev–Trinajstić information content (AvgIpc) is 2.62. The van der Waals surface area contributed by atoms with Crippen molar-refractivity contribution >= 4 is 39.3 Å². The predicted octanol–water partition coefficient (Wildman–Crippen LogP) is 2.17. The second-order valence-corrected chi connectivity index (χ2v) is 6.33. The molecule has 0 aromatic heterocycles. The highest BCUT2D eigenvalue weighted by molar-refractivity contribution is 9.10. The lowest BCUT2D eigenvalue weighted by atomic mass is 10.2. The molecule has 0 heterocycles. The number of nitrogens with one attached hydrogen (secondary N) is 3. The number of hydrogen-bond donors (Lipinski definition) is 3. The highest BCUT2D eigenvalue weighted by Gasteiger charge is 2.09. The minimum absolute atomic E-state index is 0.276. The fourth-order valence-electron chi connectivity index (χ4n) is 1.91. The van der Waals surface area contributed by atoms with Crippen LogP contribution in [0.5, 0.6) is 0 Å². The van der Waals surface area contributed by atoms with Crippen LogP contribution in [0.4, 0.5) is 5.69 Å². The van der Waals surface area contributed by atoms with Gasteiger partial charge in [0.25, 0.3) is 11.8 Å². The van der Waals surface area contributed by atoms with Crippen LogP contribution in [0.15, 0.2) is 53.0 Å². The van der Waals surface area contributed by atoms with E-state index in [4.69, 9.17) is 4.74 Å². The molecule has 0 saturated heterocycles. The van der Waals surface area contributed by atoms with Gasteiger partial charge in [0.05, 0.1) is 0 Å². The Kier molecular flexibility index (Phi) is 7.31. The normalized spacial score (nSPS) is 10.1.